The molecule has 1 saturated carbocycles. The molecule has 1 nitrogen and oxygen atoms in total. The van der Waals surface area contributed by atoms with Crippen LogP contribution in [0.15, 0.2) is 23.7 Å². The Hall–Kier alpha value is -0.890. The fraction of sp³-hybridized carbons (Fsp3) is 0.364. The summed E-state index contributed by atoms with van der Waals surface area (Å²) in [5.74, 6) is 0.825. The molecule has 1 fully saturated rings. The van der Waals surface area contributed by atoms with Crippen LogP contribution in [-0.4, -0.2) is 4.98 Å². The molecule has 1 heterocycles. The van der Waals surface area contributed by atoms with E-state index >= 15 is 0 Å². The number of fused-ring (bicyclic) bond motifs is 1. The summed E-state index contributed by atoms with van der Waals surface area (Å²) >= 11 is 1.72. The highest BCUT2D eigenvalue weighted by Gasteiger charge is 2.19. The number of benzene rings is 1. The molecule has 0 atom stereocenters. The molecule has 0 saturated heterocycles. The van der Waals surface area contributed by atoms with E-state index in [0.717, 1.165) is 5.92 Å². The van der Waals surface area contributed by atoms with Gasteiger partial charge >= 0.3 is 0 Å². The van der Waals surface area contributed by atoms with Gasteiger partial charge < -0.3 is 0 Å². The number of nitrogens with zero attached hydrogens (tertiary/aromatic N) is 1. The molecule has 1 aromatic heterocycles. The zero-order chi connectivity index (χ0) is 8.67. The Labute approximate surface area is 81.4 Å². The largest absolute Gasteiger partial charge is 0.245 e. The topological polar surface area (TPSA) is 12.9 Å². The molecule has 0 bridgehead atoms. The van der Waals surface area contributed by atoms with Crippen molar-refractivity contribution in [3.63, 3.8) is 0 Å². The van der Waals surface area contributed by atoms with Crippen LogP contribution in [0.4, 0.5) is 0 Å². The maximum atomic E-state index is 4.34. The van der Waals surface area contributed by atoms with Gasteiger partial charge in [-0.25, -0.2) is 4.98 Å². The summed E-state index contributed by atoms with van der Waals surface area (Å²) in [6.07, 6.45) is 4.14. The Kier molecular flexibility index (Phi) is 1.62. The average Bonchev–Trinajstić information content (AvgIpc) is 2.47. The van der Waals surface area contributed by atoms with E-state index in [9.17, 15) is 0 Å². The quantitative estimate of drug-likeness (QED) is 0.668. The lowest BCUT2D eigenvalue weighted by atomic mass is 9.80. The van der Waals surface area contributed by atoms with Crippen molar-refractivity contribution >= 4 is 21.6 Å². The van der Waals surface area contributed by atoms with Crippen LogP contribution in [0.3, 0.4) is 0 Å². The van der Waals surface area contributed by atoms with Crippen LogP contribution in [0.2, 0.25) is 0 Å². The highest BCUT2D eigenvalue weighted by Crippen LogP contribution is 2.37. The molecule has 2 heteroatoms. The van der Waals surface area contributed by atoms with E-state index in [1.807, 2.05) is 5.51 Å². The Bertz CT molecular complexity index is 428. The summed E-state index contributed by atoms with van der Waals surface area (Å²) in [7, 11) is 0. The first kappa shape index (κ1) is 7.51. The van der Waals surface area contributed by atoms with E-state index in [1.54, 1.807) is 11.3 Å². The van der Waals surface area contributed by atoms with Crippen molar-refractivity contribution in [3.8, 4) is 0 Å². The lowest BCUT2D eigenvalue weighted by molar-refractivity contribution is 0.420. The van der Waals surface area contributed by atoms with E-state index < -0.39 is 0 Å². The smallest absolute Gasteiger partial charge is 0.0814 e. The van der Waals surface area contributed by atoms with Gasteiger partial charge in [0.05, 0.1) is 15.7 Å². The number of rotatable bonds is 1. The Morgan fingerprint density at radius 1 is 1.31 bits per heavy atom. The van der Waals surface area contributed by atoms with E-state index in [2.05, 4.69) is 23.2 Å². The molecule has 0 N–H and O–H groups in total. The molecule has 1 aliphatic carbocycles. The van der Waals surface area contributed by atoms with Crippen LogP contribution < -0.4 is 0 Å². The monoisotopic (exact) mass is 189 g/mol. The molecule has 0 aliphatic heterocycles. The Morgan fingerprint density at radius 3 is 3.00 bits per heavy atom. The third-order valence-electron chi connectivity index (χ3n) is 2.93. The second-order valence-corrected chi connectivity index (χ2v) is 4.59. The number of thiazole rings is 1. The molecule has 0 spiro atoms. The van der Waals surface area contributed by atoms with Crippen molar-refractivity contribution in [1.29, 1.82) is 0 Å². The zero-order valence-electron chi connectivity index (χ0n) is 7.36. The Morgan fingerprint density at radius 2 is 2.23 bits per heavy atom. The van der Waals surface area contributed by atoms with E-state index in [4.69, 9.17) is 0 Å². The molecule has 3 rings (SSSR count). The van der Waals surface area contributed by atoms with Crippen molar-refractivity contribution in [1.82, 2.24) is 4.98 Å². The average molecular weight is 189 g/mol. The van der Waals surface area contributed by atoms with Crippen molar-refractivity contribution in [2.75, 3.05) is 0 Å². The maximum absolute atomic E-state index is 4.34. The second-order valence-electron chi connectivity index (χ2n) is 3.71. The van der Waals surface area contributed by atoms with E-state index in [-0.39, 0.29) is 0 Å². The third kappa shape index (κ3) is 1.17. The van der Waals surface area contributed by atoms with Crippen molar-refractivity contribution < 1.29 is 0 Å². The Balaban J connectivity index is 2.09. The van der Waals surface area contributed by atoms with Crippen LogP contribution in [0.5, 0.6) is 0 Å². The third-order valence-corrected chi connectivity index (χ3v) is 3.74. The lowest BCUT2D eigenvalue weighted by Crippen LogP contribution is -2.08. The van der Waals surface area contributed by atoms with Gasteiger partial charge in [-0.3, -0.25) is 0 Å². The predicted octanol–water partition coefficient (Wildman–Crippen LogP) is 3.56. The molecule has 66 valence electrons. The summed E-state index contributed by atoms with van der Waals surface area (Å²) in [6, 6.07) is 6.74. The molecule has 13 heavy (non-hydrogen) atoms. The highest BCUT2D eigenvalue weighted by atomic mass is 32.1. The molecule has 1 aliphatic rings. The van der Waals surface area contributed by atoms with Crippen molar-refractivity contribution in [2.24, 2.45) is 0 Å². The number of hydrogen-bond donors (Lipinski definition) is 0. The zero-order valence-corrected chi connectivity index (χ0v) is 8.18. The van der Waals surface area contributed by atoms with E-state index in [1.165, 1.54) is 35.0 Å². The van der Waals surface area contributed by atoms with Gasteiger partial charge in [-0.2, -0.15) is 0 Å². The van der Waals surface area contributed by atoms with Crippen LogP contribution in [0.25, 0.3) is 10.2 Å². The normalized spacial score (nSPS) is 17.5. The van der Waals surface area contributed by atoms with Crippen LogP contribution in [-0.2, 0) is 0 Å². The lowest BCUT2D eigenvalue weighted by Gasteiger charge is -2.25. The maximum Gasteiger partial charge on any atom is 0.0814 e. The first-order chi connectivity index (χ1) is 6.43. The van der Waals surface area contributed by atoms with Gasteiger partial charge in [0, 0.05) is 0 Å². The van der Waals surface area contributed by atoms with Crippen LogP contribution in [0.1, 0.15) is 30.7 Å². The molecule has 2 aromatic rings. The standard InChI is InChI=1S/C11H11NS/c1-2-8(3-1)9-4-5-11-10(6-9)12-7-13-11/h4-8H,1-3H2. The molecule has 1 aromatic carbocycles. The molecular weight excluding hydrogens is 178 g/mol. The van der Waals surface area contributed by atoms with Gasteiger partial charge in [-0.05, 0) is 36.5 Å². The minimum absolute atomic E-state index is 0.825. The first-order valence-corrected chi connectivity index (χ1v) is 5.64. The predicted molar refractivity (Wildman–Crippen MR) is 56.2 cm³/mol. The van der Waals surface area contributed by atoms with Gasteiger partial charge in [-0.15, -0.1) is 11.3 Å². The molecule has 0 unspecified atom stereocenters. The fourth-order valence-electron chi connectivity index (χ4n) is 1.87. The van der Waals surface area contributed by atoms with Crippen molar-refractivity contribution in [3.05, 3.63) is 29.3 Å². The second kappa shape index (κ2) is 2.81. The summed E-state index contributed by atoms with van der Waals surface area (Å²) in [5.41, 5.74) is 4.59. The summed E-state index contributed by atoms with van der Waals surface area (Å²) in [4.78, 5) is 4.34. The van der Waals surface area contributed by atoms with Crippen molar-refractivity contribution in [2.45, 2.75) is 25.2 Å². The van der Waals surface area contributed by atoms with E-state index in [0.29, 0.717) is 0 Å². The van der Waals surface area contributed by atoms with Gasteiger partial charge in [-0.1, -0.05) is 12.5 Å². The summed E-state index contributed by atoms with van der Waals surface area (Å²) in [6.45, 7) is 0. The number of aromatic nitrogens is 1. The van der Waals surface area contributed by atoms with Crippen LogP contribution in [0, 0.1) is 0 Å². The molecular formula is C11H11NS. The van der Waals surface area contributed by atoms with Gasteiger partial charge in [0.1, 0.15) is 0 Å². The van der Waals surface area contributed by atoms with Gasteiger partial charge in [0.15, 0.2) is 0 Å². The fourth-order valence-corrected chi connectivity index (χ4v) is 2.53. The van der Waals surface area contributed by atoms with Crippen LogP contribution >= 0.6 is 11.3 Å². The minimum atomic E-state index is 0.825. The minimum Gasteiger partial charge on any atom is -0.245 e. The molecule has 0 radical (unpaired) electrons. The first-order valence-electron chi connectivity index (χ1n) is 4.76. The molecule has 0 amide bonds. The summed E-state index contributed by atoms with van der Waals surface area (Å²) in [5, 5.41) is 0. The number of hydrogen-bond acceptors (Lipinski definition) is 2. The summed E-state index contributed by atoms with van der Waals surface area (Å²) < 4.78 is 1.31. The SMILES string of the molecule is c1nc2cc(C3CCC3)ccc2s1. The van der Waals surface area contributed by atoms with Gasteiger partial charge in [0.2, 0.25) is 0 Å². The highest BCUT2D eigenvalue weighted by molar-refractivity contribution is 7.16. The van der Waals surface area contributed by atoms with Gasteiger partial charge in [0.25, 0.3) is 0 Å².